The van der Waals surface area contributed by atoms with Gasteiger partial charge in [-0.15, -0.1) is 0 Å². The number of anilines is 1. The number of nitrogens with zero attached hydrogens (tertiary/aromatic N) is 5. The first-order chi connectivity index (χ1) is 12.2. The molecule has 7 heteroatoms. The molecule has 124 valence electrons. The van der Waals surface area contributed by atoms with Crippen molar-refractivity contribution < 1.29 is 4.74 Å². The third-order valence-corrected chi connectivity index (χ3v) is 3.78. The Morgan fingerprint density at radius 1 is 1.12 bits per heavy atom. The SMILES string of the molecule is CNc1cccc(Oc2nc(-c3cccnc3)nc3c2ncn3C)c1. The topological polar surface area (TPSA) is 77.8 Å². The van der Waals surface area contributed by atoms with Gasteiger partial charge in [-0.05, 0) is 24.3 Å². The van der Waals surface area contributed by atoms with Gasteiger partial charge in [-0.2, -0.15) is 4.98 Å². The lowest BCUT2D eigenvalue weighted by molar-refractivity contribution is 0.468. The van der Waals surface area contributed by atoms with Gasteiger partial charge in [-0.25, -0.2) is 9.97 Å². The van der Waals surface area contributed by atoms with E-state index in [2.05, 4.69) is 25.3 Å². The molecule has 0 bridgehead atoms. The molecule has 7 nitrogen and oxygen atoms in total. The van der Waals surface area contributed by atoms with Gasteiger partial charge in [0.2, 0.25) is 0 Å². The van der Waals surface area contributed by atoms with E-state index in [-0.39, 0.29) is 0 Å². The fourth-order valence-corrected chi connectivity index (χ4v) is 2.50. The summed E-state index contributed by atoms with van der Waals surface area (Å²) in [5, 5.41) is 3.09. The minimum atomic E-state index is 0.415. The summed E-state index contributed by atoms with van der Waals surface area (Å²) in [7, 11) is 3.75. The molecule has 0 atom stereocenters. The van der Waals surface area contributed by atoms with Gasteiger partial charge in [-0.1, -0.05) is 6.07 Å². The summed E-state index contributed by atoms with van der Waals surface area (Å²) in [4.78, 5) is 17.7. The molecule has 3 heterocycles. The second kappa shape index (κ2) is 6.20. The molecule has 4 rings (SSSR count). The second-order valence-electron chi connectivity index (χ2n) is 5.50. The van der Waals surface area contributed by atoms with Crippen LogP contribution in [-0.4, -0.2) is 31.6 Å². The Kier molecular flexibility index (Phi) is 3.74. The molecule has 0 saturated carbocycles. The van der Waals surface area contributed by atoms with Crippen LogP contribution >= 0.6 is 0 Å². The summed E-state index contributed by atoms with van der Waals surface area (Å²) >= 11 is 0. The van der Waals surface area contributed by atoms with E-state index in [1.165, 1.54) is 0 Å². The van der Waals surface area contributed by atoms with Gasteiger partial charge in [-0.3, -0.25) is 4.98 Å². The Morgan fingerprint density at radius 3 is 2.84 bits per heavy atom. The summed E-state index contributed by atoms with van der Waals surface area (Å²) in [6.07, 6.45) is 5.14. The fourth-order valence-electron chi connectivity index (χ4n) is 2.50. The Morgan fingerprint density at radius 2 is 2.04 bits per heavy atom. The monoisotopic (exact) mass is 332 g/mol. The van der Waals surface area contributed by atoms with Gasteiger partial charge in [0.25, 0.3) is 5.88 Å². The number of rotatable bonds is 4. The summed E-state index contributed by atoms with van der Waals surface area (Å²) in [6, 6.07) is 11.4. The molecular formula is C18H16N6O. The van der Waals surface area contributed by atoms with Crippen LogP contribution in [0.15, 0.2) is 55.1 Å². The van der Waals surface area contributed by atoms with E-state index < -0.39 is 0 Å². The van der Waals surface area contributed by atoms with Crippen molar-refractivity contribution in [3.05, 3.63) is 55.1 Å². The van der Waals surface area contributed by atoms with Crippen LogP contribution in [0.1, 0.15) is 0 Å². The number of aromatic nitrogens is 5. The molecule has 25 heavy (non-hydrogen) atoms. The highest BCUT2D eigenvalue weighted by molar-refractivity contribution is 5.79. The third kappa shape index (κ3) is 2.87. The minimum Gasteiger partial charge on any atom is -0.437 e. The van der Waals surface area contributed by atoms with E-state index in [1.807, 2.05) is 55.1 Å². The van der Waals surface area contributed by atoms with Crippen LogP contribution in [0.2, 0.25) is 0 Å². The number of fused-ring (bicyclic) bond motifs is 1. The number of pyridine rings is 1. The Bertz CT molecular complexity index is 1030. The quantitative estimate of drug-likeness (QED) is 0.618. The molecule has 1 N–H and O–H groups in total. The van der Waals surface area contributed by atoms with Crippen LogP contribution < -0.4 is 10.1 Å². The summed E-state index contributed by atoms with van der Waals surface area (Å²) in [5.41, 5.74) is 3.09. The number of nitrogens with one attached hydrogen (secondary N) is 1. The maximum atomic E-state index is 6.02. The molecule has 1 aromatic carbocycles. The number of hydrogen-bond acceptors (Lipinski definition) is 6. The van der Waals surface area contributed by atoms with Crippen molar-refractivity contribution in [2.24, 2.45) is 7.05 Å². The molecule has 0 amide bonds. The molecular weight excluding hydrogens is 316 g/mol. The largest absolute Gasteiger partial charge is 0.437 e. The van der Waals surface area contributed by atoms with Crippen LogP contribution in [0.4, 0.5) is 5.69 Å². The first-order valence-electron chi connectivity index (χ1n) is 7.80. The van der Waals surface area contributed by atoms with Crippen LogP contribution in [0.3, 0.4) is 0 Å². The van der Waals surface area contributed by atoms with E-state index in [0.29, 0.717) is 28.6 Å². The lowest BCUT2D eigenvalue weighted by atomic mass is 10.2. The fraction of sp³-hybridized carbons (Fsp3) is 0.111. The molecule has 0 aliphatic carbocycles. The molecule has 0 fully saturated rings. The lowest BCUT2D eigenvalue weighted by Crippen LogP contribution is -1.98. The molecule has 0 radical (unpaired) electrons. The molecule has 0 spiro atoms. The average Bonchev–Trinajstić information content (AvgIpc) is 3.04. The number of aryl methyl sites for hydroxylation is 1. The van der Waals surface area contributed by atoms with Crippen molar-refractivity contribution in [2.45, 2.75) is 0 Å². The molecule has 4 aromatic rings. The highest BCUT2D eigenvalue weighted by atomic mass is 16.5. The maximum Gasteiger partial charge on any atom is 0.251 e. The van der Waals surface area contributed by atoms with Crippen molar-refractivity contribution >= 4 is 16.9 Å². The second-order valence-corrected chi connectivity index (χ2v) is 5.50. The van der Waals surface area contributed by atoms with Gasteiger partial charge < -0.3 is 14.6 Å². The zero-order chi connectivity index (χ0) is 17.2. The van der Waals surface area contributed by atoms with Gasteiger partial charge in [0.1, 0.15) is 5.75 Å². The highest BCUT2D eigenvalue weighted by Gasteiger charge is 2.15. The highest BCUT2D eigenvalue weighted by Crippen LogP contribution is 2.29. The first kappa shape index (κ1) is 15.1. The smallest absolute Gasteiger partial charge is 0.251 e. The number of benzene rings is 1. The maximum absolute atomic E-state index is 6.02. The predicted molar refractivity (Wildman–Crippen MR) is 95.6 cm³/mol. The van der Waals surface area contributed by atoms with Gasteiger partial charge >= 0.3 is 0 Å². The Balaban J connectivity index is 1.84. The molecule has 0 aliphatic heterocycles. The molecule has 0 aliphatic rings. The van der Waals surface area contributed by atoms with Crippen molar-refractivity contribution in [3.63, 3.8) is 0 Å². The van der Waals surface area contributed by atoms with Crippen LogP contribution in [0, 0.1) is 0 Å². The van der Waals surface area contributed by atoms with Crippen LogP contribution in [0.5, 0.6) is 11.6 Å². The van der Waals surface area contributed by atoms with Gasteiger partial charge in [0.05, 0.1) is 6.33 Å². The number of hydrogen-bond donors (Lipinski definition) is 1. The lowest BCUT2D eigenvalue weighted by Gasteiger charge is -2.09. The summed E-state index contributed by atoms with van der Waals surface area (Å²) in [6.45, 7) is 0. The van der Waals surface area contributed by atoms with Crippen molar-refractivity contribution in [1.82, 2.24) is 24.5 Å². The van der Waals surface area contributed by atoms with Gasteiger partial charge in [0.15, 0.2) is 17.0 Å². The van der Waals surface area contributed by atoms with E-state index in [9.17, 15) is 0 Å². The Labute approximate surface area is 144 Å². The third-order valence-electron chi connectivity index (χ3n) is 3.78. The molecule has 3 aromatic heterocycles. The number of ether oxygens (including phenoxy) is 1. The minimum absolute atomic E-state index is 0.415. The van der Waals surface area contributed by atoms with Gasteiger partial charge in [0, 0.05) is 43.8 Å². The summed E-state index contributed by atoms with van der Waals surface area (Å²) < 4.78 is 7.86. The van der Waals surface area contributed by atoms with Crippen molar-refractivity contribution in [2.75, 3.05) is 12.4 Å². The molecule has 0 saturated heterocycles. The Hall–Kier alpha value is -3.48. The van der Waals surface area contributed by atoms with Crippen molar-refractivity contribution in [1.29, 1.82) is 0 Å². The van der Waals surface area contributed by atoms with Crippen LogP contribution in [-0.2, 0) is 7.05 Å². The normalized spacial score (nSPS) is 10.8. The van der Waals surface area contributed by atoms with E-state index in [0.717, 1.165) is 11.3 Å². The van der Waals surface area contributed by atoms with Crippen molar-refractivity contribution in [3.8, 4) is 23.0 Å². The van der Waals surface area contributed by atoms with E-state index in [4.69, 9.17) is 4.74 Å². The average molecular weight is 332 g/mol. The van der Waals surface area contributed by atoms with Crippen LogP contribution in [0.25, 0.3) is 22.6 Å². The first-order valence-corrected chi connectivity index (χ1v) is 7.80. The van der Waals surface area contributed by atoms with E-state index in [1.54, 1.807) is 18.7 Å². The number of imidazole rings is 1. The zero-order valence-corrected chi connectivity index (χ0v) is 13.8. The standard InChI is InChI=1S/C18H16N6O/c1-19-13-6-3-7-14(9-13)25-18-15-17(24(2)11-21-15)22-16(23-18)12-5-4-8-20-10-12/h3-11,19H,1-2H3. The molecule has 0 unspecified atom stereocenters. The zero-order valence-electron chi connectivity index (χ0n) is 13.8. The van der Waals surface area contributed by atoms with E-state index >= 15 is 0 Å². The predicted octanol–water partition coefficient (Wildman–Crippen LogP) is 3.26. The summed E-state index contributed by atoms with van der Waals surface area (Å²) in [5.74, 6) is 1.64.